The minimum Gasteiger partial charge on any atom is -0.480 e. The van der Waals surface area contributed by atoms with Gasteiger partial charge >= 0.3 is 5.97 Å². The molecular formula is C7H13NO2. The van der Waals surface area contributed by atoms with E-state index in [1.807, 2.05) is 0 Å². The van der Waals surface area contributed by atoms with E-state index in [2.05, 4.69) is 0 Å². The van der Waals surface area contributed by atoms with Gasteiger partial charge in [-0.1, -0.05) is 12.8 Å². The average molecular weight is 143 g/mol. The monoisotopic (exact) mass is 143 g/mol. The zero-order valence-corrected chi connectivity index (χ0v) is 5.92. The number of rotatable bonds is 2. The van der Waals surface area contributed by atoms with E-state index < -0.39 is 12.0 Å². The SMILES string of the molecule is N[C@@H](C(=O)O)C1CCCC1. The largest absolute Gasteiger partial charge is 0.480 e. The number of hydrogen-bond donors (Lipinski definition) is 2. The highest BCUT2D eigenvalue weighted by Crippen LogP contribution is 2.26. The lowest BCUT2D eigenvalue weighted by atomic mass is 9.99. The first-order chi connectivity index (χ1) is 4.72. The Labute approximate surface area is 60.2 Å². The molecule has 3 heteroatoms. The van der Waals surface area contributed by atoms with Crippen molar-refractivity contribution < 1.29 is 9.90 Å². The first-order valence-corrected chi connectivity index (χ1v) is 3.70. The van der Waals surface area contributed by atoms with E-state index in [1.165, 1.54) is 0 Å². The van der Waals surface area contributed by atoms with Crippen molar-refractivity contribution in [1.29, 1.82) is 0 Å². The number of carboxylic acids is 1. The molecule has 0 spiro atoms. The molecule has 0 saturated heterocycles. The van der Waals surface area contributed by atoms with Gasteiger partial charge in [-0.15, -0.1) is 0 Å². The van der Waals surface area contributed by atoms with Crippen LogP contribution in [0.5, 0.6) is 0 Å². The lowest BCUT2D eigenvalue weighted by molar-refractivity contribution is -0.139. The predicted octanol–water partition coefficient (Wildman–Crippen LogP) is 0.588. The minimum atomic E-state index is -0.855. The van der Waals surface area contributed by atoms with Gasteiger partial charge in [0.05, 0.1) is 0 Å². The summed E-state index contributed by atoms with van der Waals surface area (Å²) in [6, 6.07) is -0.623. The quantitative estimate of drug-likeness (QED) is 0.594. The Balaban J connectivity index is 2.39. The molecule has 3 nitrogen and oxygen atoms in total. The van der Waals surface area contributed by atoms with Crippen molar-refractivity contribution in [3.05, 3.63) is 0 Å². The molecule has 10 heavy (non-hydrogen) atoms. The van der Waals surface area contributed by atoms with Crippen LogP contribution < -0.4 is 5.73 Å². The first kappa shape index (κ1) is 7.54. The van der Waals surface area contributed by atoms with Crippen LogP contribution in [0.1, 0.15) is 25.7 Å². The molecule has 0 aromatic rings. The molecule has 0 unspecified atom stereocenters. The summed E-state index contributed by atoms with van der Waals surface area (Å²) in [5.41, 5.74) is 5.42. The van der Waals surface area contributed by atoms with Crippen LogP contribution in [-0.4, -0.2) is 17.1 Å². The molecule has 0 heterocycles. The van der Waals surface area contributed by atoms with Gasteiger partial charge in [0.1, 0.15) is 6.04 Å². The molecule has 1 fully saturated rings. The van der Waals surface area contributed by atoms with Gasteiger partial charge in [0, 0.05) is 0 Å². The lowest BCUT2D eigenvalue weighted by Crippen LogP contribution is -2.36. The Morgan fingerprint density at radius 2 is 2.00 bits per heavy atom. The third kappa shape index (κ3) is 1.48. The average Bonchev–Trinajstić information content (AvgIpc) is 2.36. The molecule has 0 aliphatic heterocycles. The molecular weight excluding hydrogens is 130 g/mol. The van der Waals surface area contributed by atoms with Gasteiger partial charge in [-0.05, 0) is 18.8 Å². The summed E-state index contributed by atoms with van der Waals surface area (Å²) >= 11 is 0. The Kier molecular flexibility index (Phi) is 2.27. The van der Waals surface area contributed by atoms with Crippen molar-refractivity contribution in [3.8, 4) is 0 Å². The Morgan fingerprint density at radius 1 is 1.50 bits per heavy atom. The highest BCUT2D eigenvalue weighted by atomic mass is 16.4. The van der Waals surface area contributed by atoms with Crippen molar-refractivity contribution >= 4 is 5.97 Å². The first-order valence-electron chi connectivity index (χ1n) is 3.70. The summed E-state index contributed by atoms with van der Waals surface area (Å²) in [5.74, 6) is -0.621. The van der Waals surface area contributed by atoms with Crippen LogP contribution in [0.4, 0.5) is 0 Å². The van der Waals surface area contributed by atoms with Crippen LogP contribution in [0.25, 0.3) is 0 Å². The van der Waals surface area contributed by atoms with Crippen LogP contribution in [0.3, 0.4) is 0 Å². The van der Waals surface area contributed by atoms with Gasteiger partial charge in [0.15, 0.2) is 0 Å². The van der Waals surface area contributed by atoms with Crippen LogP contribution >= 0.6 is 0 Å². The molecule has 1 atom stereocenters. The summed E-state index contributed by atoms with van der Waals surface area (Å²) in [6.45, 7) is 0. The molecule has 1 aliphatic rings. The van der Waals surface area contributed by atoms with E-state index in [0.29, 0.717) is 0 Å². The molecule has 0 aromatic carbocycles. The van der Waals surface area contributed by atoms with Crippen LogP contribution in [0.2, 0.25) is 0 Å². The van der Waals surface area contributed by atoms with Crippen molar-refractivity contribution in [1.82, 2.24) is 0 Å². The summed E-state index contributed by atoms with van der Waals surface area (Å²) in [4.78, 5) is 10.4. The van der Waals surface area contributed by atoms with Crippen LogP contribution in [0.15, 0.2) is 0 Å². The normalized spacial score (nSPS) is 22.9. The fourth-order valence-corrected chi connectivity index (χ4v) is 1.52. The number of carboxylic acid groups (broad SMARTS) is 1. The Bertz CT molecular complexity index is 130. The van der Waals surface area contributed by atoms with E-state index in [1.54, 1.807) is 0 Å². The molecule has 1 saturated carbocycles. The van der Waals surface area contributed by atoms with Gasteiger partial charge < -0.3 is 10.8 Å². The summed E-state index contributed by atoms with van der Waals surface area (Å²) in [6.07, 6.45) is 4.28. The van der Waals surface area contributed by atoms with E-state index in [0.717, 1.165) is 25.7 Å². The van der Waals surface area contributed by atoms with E-state index in [4.69, 9.17) is 10.8 Å². The second-order valence-corrected chi connectivity index (χ2v) is 2.91. The van der Waals surface area contributed by atoms with Crippen molar-refractivity contribution in [3.63, 3.8) is 0 Å². The summed E-state index contributed by atoms with van der Waals surface area (Å²) in [5, 5.41) is 8.52. The maximum Gasteiger partial charge on any atom is 0.320 e. The van der Waals surface area contributed by atoms with E-state index in [9.17, 15) is 4.79 Å². The van der Waals surface area contributed by atoms with Gasteiger partial charge in [-0.3, -0.25) is 4.79 Å². The smallest absolute Gasteiger partial charge is 0.320 e. The third-order valence-corrected chi connectivity index (χ3v) is 2.19. The van der Waals surface area contributed by atoms with Gasteiger partial charge in [0.25, 0.3) is 0 Å². The van der Waals surface area contributed by atoms with E-state index >= 15 is 0 Å². The maximum absolute atomic E-state index is 10.4. The highest BCUT2D eigenvalue weighted by molar-refractivity contribution is 5.73. The minimum absolute atomic E-state index is 0.234. The predicted molar refractivity (Wildman–Crippen MR) is 37.6 cm³/mol. The summed E-state index contributed by atoms with van der Waals surface area (Å²) < 4.78 is 0. The topological polar surface area (TPSA) is 63.3 Å². The molecule has 0 amide bonds. The van der Waals surface area contributed by atoms with Crippen LogP contribution in [0, 0.1) is 5.92 Å². The molecule has 1 aliphatic carbocycles. The van der Waals surface area contributed by atoms with Gasteiger partial charge in [-0.25, -0.2) is 0 Å². The van der Waals surface area contributed by atoms with Crippen molar-refractivity contribution in [2.75, 3.05) is 0 Å². The number of aliphatic carboxylic acids is 1. The summed E-state index contributed by atoms with van der Waals surface area (Å²) in [7, 11) is 0. The van der Waals surface area contributed by atoms with Crippen LogP contribution in [-0.2, 0) is 4.79 Å². The second kappa shape index (κ2) is 3.01. The molecule has 1 rings (SSSR count). The molecule has 0 bridgehead atoms. The third-order valence-electron chi connectivity index (χ3n) is 2.19. The standard InChI is InChI=1S/C7H13NO2/c8-6(7(9)10)5-3-1-2-4-5/h5-6H,1-4,8H2,(H,9,10)/t6-/m1/s1. The highest BCUT2D eigenvalue weighted by Gasteiger charge is 2.26. The maximum atomic E-state index is 10.4. The van der Waals surface area contributed by atoms with E-state index in [-0.39, 0.29) is 5.92 Å². The van der Waals surface area contributed by atoms with Crippen molar-refractivity contribution in [2.24, 2.45) is 11.7 Å². The van der Waals surface area contributed by atoms with Gasteiger partial charge in [0.2, 0.25) is 0 Å². The number of nitrogens with two attached hydrogens (primary N) is 1. The second-order valence-electron chi connectivity index (χ2n) is 2.91. The zero-order valence-electron chi connectivity index (χ0n) is 5.92. The zero-order chi connectivity index (χ0) is 7.56. The van der Waals surface area contributed by atoms with Gasteiger partial charge in [-0.2, -0.15) is 0 Å². The molecule has 3 N–H and O–H groups in total. The van der Waals surface area contributed by atoms with Crippen molar-refractivity contribution in [2.45, 2.75) is 31.7 Å². The Morgan fingerprint density at radius 3 is 2.40 bits per heavy atom. The molecule has 0 radical (unpaired) electrons. The lowest BCUT2D eigenvalue weighted by Gasteiger charge is -2.12. The number of hydrogen-bond acceptors (Lipinski definition) is 2. The molecule has 58 valence electrons. The molecule has 0 aromatic heterocycles. The fourth-order valence-electron chi connectivity index (χ4n) is 1.52. The number of carbonyl (C=O) groups is 1. The Hall–Kier alpha value is -0.570. The fraction of sp³-hybridized carbons (Fsp3) is 0.857.